The summed E-state index contributed by atoms with van der Waals surface area (Å²) in [6.07, 6.45) is 1.47. The molecule has 4 heteroatoms. The summed E-state index contributed by atoms with van der Waals surface area (Å²) in [4.78, 5) is 11.9. The number of nitrogen functional groups attached to an aromatic ring is 1. The number of benzene rings is 1. The summed E-state index contributed by atoms with van der Waals surface area (Å²) in [7, 11) is 0. The van der Waals surface area contributed by atoms with Gasteiger partial charge in [0.1, 0.15) is 0 Å². The highest BCUT2D eigenvalue weighted by Crippen LogP contribution is 2.12. The highest BCUT2D eigenvalue weighted by Gasteiger charge is 2.10. The van der Waals surface area contributed by atoms with Crippen LogP contribution in [0.3, 0.4) is 0 Å². The van der Waals surface area contributed by atoms with Crippen molar-refractivity contribution in [2.75, 3.05) is 12.3 Å². The number of nitrogens with one attached hydrogen (secondary N) is 1. The molecule has 0 saturated heterocycles. The predicted octanol–water partition coefficient (Wildman–Crippen LogP) is 1.47. The number of aliphatic hydroxyl groups excluding tert-OH is 1. The van der Waals surface area contributed by atoms with Gasteiger partial charge in [-0.3, -0.25) is 4.79 Å². The van der Waals surface area contributed by atoms with Gasteiger partial charge in [-0.1, -0.05) is 0 Å². The Kier molecular flexibility index (Phi) is 4.97. The number of carbonyl (C=O) groups is 1. The van der Waals surface area contributed by atoms with Gasteiger partial charge in [0.2, 0.25) is 0 Å². The second-order valence-electron chi connectivity index (χ2n) is 4.31. The predicted molar refractivity (Wildman–Crippen MR) is 68.8 cm³/mol. The summed E-state index contributed by atoms with van der Waals surface area (Å²) in [5.41, 5.74) is 7.91. The van der Waals surface area contributed by atoms with Crippen molar-refractivity contribution in [2.45, 2.75) is 32.7 Å². The number of amides is 1. The maximum atomic E-state index is 11.9. The van der Waals surface area contributed by atoms with Crippen molar-refractivity contribution in [2.24, 2.45) is 0 Å². The first kappa shape index (κ1) is 13.5. The highest BCUT2D eigenvalue weighted by atomic mass is 16.2. The van der Waals surface area contributed by atoms with Crippen LogP contribution >= 0.6 is 0 Å². The van der Waals surface area contributed by atoms with Crippen LogP contribution in [0.4, 0.5) is 5.69 Å². The molecule has 94 valence electrons. The zero-order valence-electron chi connectivity index (χ0n) is 10.4. The van der Waals surface area contributed by atoms with E-state index in [1.807, 2.05) is 13.8 Å². The van der Waals surface area contributed by atoms with Gasteiger partial charge >= 0.3 is 0 Å². The van der Waals surface area contributed by atoms with Gasteiger partial charge < -0.3 is 16.2 Å². The lowest BCUT2D eigenvalue weighted by molar-refractivity contribution is 0.0936. The lowest BCUT2D eigenvalue weighted by Crippen LogP contribution is -2.32. The fourth-order valence-corrected chi connectivity index (χ4v) is 1.59. The molecule has 0 aliphatic heterocycles. The molecule has 1 aromatic rings. The van der Waals surface area contributed by atoms with Gasteiger partial charge in [-0.05, 0) is 50.5 Å². The average Bonchev–Trinajstić information content (AvgIpc) is 2.30. The van der Waals surface area contributed by atoms with Gasteiger partial charge in [0.25, 0.3) is 5.91 Å². The van der Waals surface area contributed by atoms with Gasteiger partial charge in [-0.25, -0.2) is 0 Å². The molecule has 1 amide bonds. The summed E-state index contributed by atoms with van der Waals surface area (Å²) in [6.45, 7) is 3.96. The first-order valence-corrected chi connectivity index (χ1v) is 5.82. The van der Waals surface area contributed by atoms with E-state index in [1.165, 1.54) is 0 Å². The van der Waals surface area contributed by atoms with Crippen molar-refractivity contribution in [3.8, 4) is 0 Å². The number of rotatable bonds is 5. The van der Waals surface area contributed by atoms with Crippen LogP contribution in [0.25, 0.3) is 0 Å². The van der Waals surface area contributed by atoms with Crippen molar-refractivity contribution in [1.82, 2.24) is 5.32 Å². The van der Waals surface area contributed by atoms with E-state index < -0.39 is 0 Å². The highest BCUT2D eigenvalue weighted by molar-refractivity contribution is 5.95. The molecule has 17 heavy (non-hydrogen) atoms. The number of anilines is 1. The van der Waals surface area contributed by atoms with Crippen LogP contribution in [-0.2, 0) is 0 Å². The molecule has 4 nitrogen and oxygen atoms in total. The first-order valence-electron chi connectivity index (χ1n) is 5.82. The molecule has 0 bridgehead atoms. The van der Waals surface area contributed by atoms with E-state index in [-0.39, 0.29) is 18.6 Å². The van der Waals surface area contributed by atoms with E-state index in [9.17, 15) is 4.79 Å². The number of nitrogens with two attached hydrogens (primary N) is 1. The zero-order chi connectivity index (χ0) is 12.8. The van der Waals surface area contributed by atoms with Crippen molar-refractivity contribution in [3.63, 3.8) is 0 Å². The fourth-order valence-electron chi connectivity index (χ4n) is 1.59. The Morgan fingerprint density at radius 2 is 2.24 bits per heavy atom. The maximum absolute atomic E-state index is 11.9. The largest absolute Gasteiger partial charge is 0.399 e. The molecule has 0 heterocycles. The molecule has 0 radical (unpaired) electrons. The number of hydrogen-bond acceptors (Lipinski definition) is 3. The molecule has 1 aromatic carbocycles. The molecule has 0 aromatic heterocycles. The Balaban J connectivity index is 2.60. The van der Waals surface area contributed by atoms with Crippen molar-refractivity contribution in [1.29, 1.82) is 0 Å². The van der Waals surface area contributed by atoms with E-state index in [1.54, 1.807) is 18.2 Å². The minimum absolute atomic E-state index is 0.0625. The molecule has 0 aliphatic carbocycles. The van der Waals surface area contributed by atoms with E-state index in [0.717, 1.165) is 12.0 Å². The topological polar surface area (TPSA) is 75.3 Å². The van der Waals surface area contributed by atoms with E-state index in [2.05, 4.69) is 5.32 Å². The fraction of sp³-hybridized carbons (Fsp3) is 0.462. The Morgan fingerprint density at radius 1 is 1.53 bits per heavy atom. The second kappa shape index (κ2) is 6.25. The maximum Gasteiger partial charge on any atom is 0.251 e. The third-order valence-electron chi connectivity index (χ3n) is 2.70. The van der Waals surface area contributed by atoms with E-state index in [0.29, 0.717) is 17.7 Å². The molecule has 1 atom stereocenters. The van der Waals surface area contributed by atoms with Crippen LogP contribution in [0.15, 0.2) is 18.2 Å². The molecule has 1 rings (SSSR count). The smallest absolute Gasteiger partial charge is 0.251 e. The second-order valence-corrected chi connectivity index (χ2v) is 4.31. The van der Waals surface area contributed by atoms with Crippen LogP contribution < -0.4 is 11.1 Å². The summed E-state index contributed by atoms with van der Waals surface area (Å²) >= 11 is 0. The number of aryl methyl sites for hydroxylation is 1. The van der Waals surface area contributed by atoms with Crippen molar-refractivity contribution in [3.05, 3.63) is 29.3 Å². The molecular formula is C13H20N2O2. The lowest BCUT2D eigenvalue weighted by Gasteiger charge is -2.13. The number of carbonyl (C=O) groups excluding carboxylic acids is 1. The van der Waals surface area contributed by atoms with Gasteiger partial charge in [-0.2, -0.15) is 0 Å². The van der Waals surface area contributed by atoms with Crippen LogP contribution in [0.5, 0.6) is 0 Å². The Labute approximate surface area is 102 Å². The van der Waals surface area contributed by atoms with Gasteiger partial charge in [-0.15, -0.1) is 0 Å². The van der Waals surface area contributed by atoms with Crippen LogP contribution in [0, 0.1) is 6.92 Å². The molecule has 0 aliphatic rings. The Bertz CT molecular complexity index is 391. The first-order chi connectivity index (χ1) is 8.04. The third kappa shape index (κ3) is 4.07. The molecule has 0 saturated carbocycles. The van der Waals surface area contributed by atoms with Crippen LogP contribution in [0.2, 0.25) is 0 Å². The normalized spacial score (nSPS) is 12.2. The molecule has 0 fully saturated rings. The monoisotopic (exact) mass is 236 g/mol. The Hall–Kier alpha value is -1.55. The minimum Gasteiger partial charge on any atom is -0.399 e. The van der Waals surface area contributed by atoms with Gasteiger partial charge in [0.15, 0.2) is 0 Å². The van der Waals surface area contributed by atoms with Crippen LogP contribution in [0.1, 0.15) is 35.7 Å². The number of aliphatic hydroxyl groups is 1. The SMILES string of the molecule is Cc1cc(C(=O)NC(C)CCCO)ccc1N. The quantitative estimate of drug-likeness (QED) is 0.678. The summed E-state index contributed by atoms with van der Waals surface area (Å²) in [5, 5.41) is 11.6. The average molecular weight is 236 g/mol. The molecule has 1 unspecified atom stereocenters. The summed E-state index contributed by atoms with van der Waals surface area (Å²) < 4.78 is 0. The lowest BCUT2D eigenvalue weighted by atomic mass is 10.1. The molecular weight excluding hydrogens is 216 g/mol. The Morgan fingerprint density at radius 3 is 2.82 bits per heavy atom. The van der Waals surface area contributed by atoms with E-state index in [4.69, 9.17) is 10.8 Å². The number of hydrogen-bond donors (Lipinski definition) is 3. The van der Waals surface area contributed by atoms with E-state index >= 15 is 0 Å². The minimum atomic E-state index is -0.0986. The molecule has 0 spiro atoms. The van der Waals surface area contributed by atoms with Crippen molar-refractivity contribution < 1.29 is 9.90 Å². The molecule has 4 N–H and O–H groups in total. The standard InChI is InChI=1S/C13H20N2O2/c1-9-8-11(5-6-12(9)14)13(17)15-10(2)4-3-7-16/h5-6,8,10,16H,3-4,7,14H2,1-2H3,(H,15,17). The summed E-state index contributed by atoms with van der Waals surface area (Å²) in [5.74, 6) is -0.0986. The van der Waals surface area contributed by atoms with Gasteiger partial charge in [0, 0.05) is 23.9 Å². The van der Waals surface area contributed by atoms with Gasteiger partial charge in [0.05, 0.1) is 0 Å². The summed E-state index contributed by atoms with van der Waals surface area (Å²) in [6, 6.07) is 5.30. The zero-order valence-corrected chi connectivity index (χ0v) is 10.4. The van der Waals surface area contributed by atoms with Crippen molar-refractivity contribution >= 4 is 11.6 Å². The third-order valence-corrected chi connectivity index (χ3v) is 2.70. The van der Waals surface area contributed by atoms with Crippen LogP contribution in [-0.4, -0.2) is 23.7 Å².